The minimum atomic E-state index is -0.368. The molecule has 0 radical (unpaired) electrons. The molecule has 0 atom stereocenters. The fourth-order valence-corrected chi connectivity index (χ4v) is 2.74. The second kappa shape index (κ2) is 8.65. The maximum absolute atomic E-state index is 13.7. The summed E-state index contributed by atoms with van der Waals surface area (Å²) in [5, 5.41) is 4.16. The van der Waals surface area contributed by atoms with E-state index >= 15 is 0 Å². The number of benzene rings is 3. The Labute approximate surface area is 152 Å². The molecule has 3 aromatic carbocycles. The van der Waals surface area contributed by atoms with E-state index in [1.165, 1.54) is 11.6 Å². The van der Waals surface area contributed by atoms with Gasteiger partial charge in [0.2, 0.25) is 0 Å². The van der Waals surface area contributed by atoms with Gasteiger partial charge in [0.25, 0.3) is 0 Å². The van der Waals surface area contributed by atoms with Crippen molar-refractivity contribution in [2.45, 2.75) is 13.0 Å². The van der Waals surface area contributed by atoms with Crippen molar-refractivity contribution in [3.05, 3.63) is 94.8 Å². The van der Waals surface area contributed by atoms with Crippen molar-refractivity contribution in [2.24, 2.45) is 0 Å². The summed E-state index contributed by atoms with van der Waals surface area (Å²) in [5.41, 5.74) is 2.29. The average Bonchev–Trinajstić information content (AvgIpc) is 2.61. The van der Waals surface area contributed by atoms with E-state index in [9.17, 15) is 4.39 Å². The summed E-state index contributed by atoms with van der Waals surface area (Å²) in [6.07, 6.45) is 0.909. The lowest BCUT2D eigenvalue weighted by Gasteiger charge is -2.09. The fraction of sp³-hybridized carbons (Fsp3) is 0.143. The van der Waals surface area contributed by atoms with E-state index in [-0.39, 0.29) is 11.6 Å². The van der Waals surface area contributed by atoms with Crippen LogP contribution < -0.4 is 10.1 Å². The Hall–Kier alpha value is -2.36. The second-order valence-electron chi connectivity index (χ2n) is 5.74. The Morgan fingerprint density at radius 1 is 0.880 bits per heavy atom. The first-order valence-electron chi connectivity index (χ1n) is 8.17. The van der Waals surface area contributed by atoms with Gasteiger partial charge in [0.05, 0.1) is 0 Å². The van der Waals surface area contributed by atoms with E-state index < -0.39 is 0 Å². The highest BCUT2D eigenvalue weighted by molar-refractivity contribution is 6.30. The van der Waals surface area contributed by atoms with Crippen LogP contribution in [0.15, 0.2) is 72.8 Å². The number of nitrogens with one attached hydrogen (secondary N) is 1. The monoisotopic (exact) mass is 355 g/mol. The highest BCUT2D eigenvalue weighted by Crippen LogP contribution is 2.24. The Kier molecular flexibility index (Phi) is 6.04. The molecule has 1 N–H and O–H groups in total. The Bertz CT molecular complexity index is 837. The molecule has 0 heterocycles. The third-order valence-corrected chi connectivity index (χ3v) is 4.01. The Balaban J connectivity index is 1.52. The summed E-state index contributed by atoms with van der Waals surface area (Å²) in [4.78, 5) is 0. The van der Waals surface area contributed by atoms with Gasteiger partial charge in [-0.15, -0.1) is 0 Å². The molecule has 3 aromatic rings. The number of ether oxygens (including phenoxy) is 1. The highest BCUT2D eigenvalue weighted by atomic mass is 35.5. The van der Waals surface area contributed by atoms with Crippen LogP contribution in [0.1, 0.15) is 11.1 Å². The summed E-state index contributed by atoms with van der Waals surface area (Å²) >= 11 is 5.99. The summed E-state index contributed by atoms with van der Waals surface area (Å²) < 4.78 is 19.3. The van der Waals surface area contributed by atoms with E-state index in [0.29, 0.717) is 5.75 Å². The summed E-state index contributed by atoms with van der Waals surface area (Å²) in [6, 6.07) is 21.9. The van der Waals surface area contributed by atoms with Gasteiger partial charge < -0.3 is 10.1 Å². The van der Waals surface area contributed by atoms with Crippen molar-refractivity contribution in [1.29, 1.82) is 0 Å². The first kappa shape index (κ1) is 17.5. The van der Waals surface area contributed by atoms with Crippen LogP contribution in [-0.4, -0.2) is 6.54 Å². The molecule has 4 heteroatoms. The van der Waals surface area contributed by atoms with Crippen LogP contribution in [0.2, 0.25) is 5.02 Å². The smallest absolute Gasteiger partial charge is 0.165 e. The maximum Gasteiger partial charge on any atom is 0.165 e. The van der Waals surface area contributed by atoms with Crippen LogP contribution in [0, 0.1) is 5.82 Å². The molecule has 0 spiro atoms. The van der Waals surface area contributed by atoms with E-state index in [2.05, 4.69) is 11.4 Å². The average molecular weight is 356 g/mol. The normalized spacial score (nSPS) is 10.6. The number of rotatable bonds is 7. The van der Waals surface area contributed by atoms with Crippen molar-refractivity contribution >= 4 is 11.6 Å². The highest BCUT2D eigenvalue weighted by Gasteiger charge is 2.04. The molecule has 25 heavy (non-hydrogen) atoms. The molecule has 0 aliphatic heterocycles. The van der Waals surface area contributed by atoms with Crippen molar-refractivity contribution in [2.75, 3.05) is 6.54 Å². The first-order valence-corrected chi connectivity index (χ1v) is 8.55. The first-order chi connectivity index (χ1) is 12.2. The van der Waals surface area contributed by atoms with Gasteiger partial charge in [0.15, 0.2) is 11.6 Å². The zero-order valence-electron chi connectivity index (χ0n) is 13.7. The molecule has 0 aromatic heterocycles. The Morgan fingerprint density at radius 3 is 2.52 bits per heavy atom. The number of halogens is 2. The van der Waals surface area contributed by atoms with Crippen LogP contribution >= 0.6 is 11.6 Å². The fourth-order valence-electron chi connectivity index (χ4n) is 2.53. The lowest BCUT2D eigenvalue weighted by Crippen LogP contribution is -2.16. The van der Waals surface area contributed by atoms with Gasteiger partial charge in [-0.05, 0) is 60.5 Å². The zero-order valence-corrected chi connectivity index (χ0v) is 14.5. The van der Waals surface area contributed by atoms with Gasteiger partial charge in [-0.3, -0.25) is 0 Å². The third kappa shape index (κ3) is 5.31. The summed E-state index contributed by atoms with van der Waals surface area (Å²) in [7, 11) is 0. The molecular formula is C21H19ClFNO. The topological polar surface area (TPSA) is 21.3 Å². The van der Waals surface area contributed by atoms with Gasteiger partial charge in [-0.1, -0.05) is 48.0 Å². The van der Waals surface area contributed by atoms with E-state index in [4.69, 9.17) is 16.3 Å². The zero-order chi connectivity index (χ0) is 17.5. The summed E-state index contributed by atoms with van der Waals surface area (Å²) in [6.45, 7) is 1.56. The lowest BCUT2D eigenvalue weighted by molar-refractivity contribution is 0.441. The van der Waals surface area contributed by atoms with Gasteiger partial charge in [0.1, 0.15) is 5.75 Å². The Morgan fingerprint density at radius 2 is 1.68 bits per heavy atom. The number of para-hydroxylation sites is 1. The van der Waals surface area contributed by atoms with Gasteiger partial charge in [-0.25, -0.2) is 4.39 Å². The predicted octanol–water partition coefficient (Wildman–Crippen LogP) is 5.60. The SMILES string of the molecule is Fc1ccccc1Oc1cccc(CNCCc2cccc(Cl)c2)c1. The maximum atomic E-state index is 13.7. The molecule has 128 valence electrons. The number of hydrogen-bond donors (Lipinski definition) is 1. The van der Waals surface area contributed by atoms with E-state index in [0.717, 1.165) is 30.1 Å². The van der Waals surface area contributed by atoms with Crippen molar-refractivity contribution in [3.63, 3.8) is 0 Å². The minimum Gasteiger partial charge on any atom is -0.454 e. The van der Waals surface area contributed by atoms with Crippen LogP contribution in [0.25, 0.3) is 0 Å². The molecule has 0 amide bonds. The van der Waals surface area contributed by atoms with Crippen molar-refractivity contribution < 1.29 is 9.13 Å². The molecule has 0 unspecified atom stereocenters. The molecule has 0 bridgehead atoms. The second-order valence-corrected chi connectivity index (χ2v) is 6.17. The standard InChI is InChI=1S/C21H19ClFNO/c22-18-7-3-5-16(13-18)11-12-24-15-17-6-4-8-19(14-17)25-21-10-2-1-9-20(21)23/h1-10,13-14,24H,11-12,15H2. The van der Waals surface area contributed by atoms with Crippen LogP contribution in [0.4, 0.5) is 4.39 Å². The molecule has 0 aliphatic rings. The van der Waals surface area contributed by atoms with E-state index in [1.807, 2.05) is 42.5 Å². The van der Waals surface area contributed by atoms with Crippen LogP contribution in [0.3, 0.4) is 0 Å². The molecule has 2 nitrogen and oxygen atoms in total. The van der Waals surface area contributed by atoms with Crippen LogP contribution in [-0.2, 0) is 13.0 Å². The van der Waals surface area contributed by atoms with Crippen molar-refractivity contribution in [1.82, 2.24) is 5.32 Å². The van der Waals surface area contributed by atoms with Crippen LogP contribution in [0.5, 0.6) is 11.5 Å². The summed E-state index contributed by atoms with van der Waals surface area (Å²) in [5.74, 6) is 0.486. The minimum absolute atomic E-state index is 0.230. The molecule has 0 aliphatic carbocycles. The molecular weight excluding hydrogens is 337 g/mol. The molecule has 3 rings (SSSR count). The molecule has 0 saturated heterocycles. The lowest BCUT2D eigenvalue weighted by atomic mass is 10.1. The third-order valence-electron chi connectivity index (χ3n) is 3.77. The predicted molar refractivity (Wildman–Crippen MR) is 99.8 cm³/mol. The van der Waals surface area contributed by atoms with Gasteiger partial charge >= 0.3 is 0 Å². The molecule has 0 saturated carbocycles. The van der Waals surface area contributed by atoms with E-state index in [1.54, 1.807) is 18.2 Å². The number of hydrogen-bond acceptors (Lipinski definition) is 2. The van der Waals surface area contributed by atoms with Crippen molar-refractivity contribution in [3.8, 4) is 11.5 Å². The van der Waals surface area contributed by atoms with Gasteiger partial charge in [-0.2, -0.15) is 0 Å². The molecule has 0 fully saturated rings. The largest absolute Gasteiger partial charge is 0.454 e. The quantitative estimate of drug-likeness (QED) is 0.557. The van der Waals surface area contributed by atoms with Gasteiger partial charge in [0, 0.05) is 11.6 Å².